The summed E-state index contributed by atoms with van der Waals surface area (Å²) in [7, 11) is 2.06. The second-order valence-corrected chi connectivity index (χ2v) is 4.74. The number of hydrogen-bond acceptors (Lipinski definition) is 2. The van der Waals surface area contributed by atoms with Crippen molar-refractivity contribution in [2.75, 3.05) is 26.7 Å². The van der Waals surface area contributed by atoms with Crippen LogP contribution in [0.3, 0.4) is 0 Å². The van der Waals surface area contributed by atoms with Crippen LogP contribution in [0.25, 0.3) is 0 Å². The third-order valence-corrected chi connectivity index (χ3v) is 3.38. The van der Waals surface area contributed by atoms with Crippen LogP contribution in [0.4, 0.5) is 4.39 Å². The molecule has 0 aliphatic heterocycles. The minimum Gasteiger partial charge on any atom is -0.317 e. The molecule has 0 bridgehead atoms. The van der Waals surface area contributed by atoms with Crippen LogP contribution >= 0.6 is 0 Å². The Morgan fingerprint density at radius 1 is 1.28 bits per heavy atom. The largest absolute Gasteiger partial charge is 0.317 e. The van der Waals surface area contributed by atoms with Crippen molar-refractivity contribution >= 4 is 0 Å². The second kappa shape index (κ2) is 8.22. The van der Waals surface area contributed by atoms with Gasteiger partial charge in [0.05, 0.1) is 0 Å². The molecule has 1 N–H and O–H groups in total. The molecule has 0 spiro atoms. The van der Waals surface area contributed by atoms with E-state index in [1.165, 1.54) is 12.5 Å². The first-order valence-corrected chi connectivity index (χ1v) is 6.82. The number of unbranched alkanes of at least 4 members (excludes halogenated alkanes) is 1. The van der Waals surface area contributed by atoms with Crippen molar-refractivity contribution in [1.82, 2.24) is 10.2 Å². The summed E-state index contributed by atoms with van der Waals surface area (Å²) in [6, 6.07) is 7.17. The molecule has 0 aromatic heterocycles. The Bertz CT molecular complexity index is 341. The number of hydrogen-bond donors (Lipinski definition) is 1. The predicted molar refractivity (Wildman–Crippen MR) is 75.2 cm³/mol. The number of nitrogens with one attached hydrogen (secondary N) is 1. The summed E-state index contributed by atoms with van der Waals surface area (Å²) in [4.78, 5) is 2.21. The van der Waals surface area contributed by atoms with Gasteiger partial charge in [-0.25, -0.2) is 4.39 Å². The van der Waals surface area contributed by atoms with Gasteiger partial charge in [0.25, 0.3) is 0 Å². The molecule has 0 fully saturated rings. The van der Waals surface area contributed by atoms with Crippen LogP contribution in [0.2, 0.25) is 0 Å². The van der Waals surface area contributed by atoms with Gasteiger partial charge in [-0.05, 0) is 52.5 Å². The van der Waals surface area contributed by atoms with Gasteiger partial charge in [-0.3, -0.25) is 4.90 Å². The molecule has 18 heavy (non-hydrogen) atoms. The molecule has 1 atom stereocenters. The summed E-state index contributed by atoms with van der Waals surface area (Å²) in [5, 5.41) is 3.31. The maximum absolute atomic E-state index is 13.7. The second-order valence-electron chi connectivity index (χ2n) is 4.74. The molecule has 1 aromatic carbocycles. The zero-order valence-corrected chi connectivity index (χ0v) is 11.7. The standard InChI is InChI=1S/C15H25FN2/c1-4-17-11-7-8-12-18(3)13(2)14-9-5-6-10-15(14)16/h5-6,9-10,13,17H,4,7-8,11-12H2,1-3H3. The van der Waals surface area contributed by atoms with Crippen LogP contribution in [0.1, 0.15) is 38.3 Å². The van der Waals surface area contributed by atoms with E-state index in [4.69, 9.17) is 0 Å². The highest BCUT2D eigenvalue weighted by Gasteiger charge is 2.14. The van der Waals surface area contributed by atoms with Gasteiger partial charge in [0.1, 0.15) is 5.82 Å². The highest BCUT2D eigenvalue weighted by atomic mass is 19.1. The van der Waals surface area contributed by atoms with Crippen LogP contribution < -0.4 is 5.32 Å². The van der Waals surface area contributed by atoms with E-state index in [2.05, 4.69) is 31.1 Å². The molecular formula is C15H25FN2. The number of nitrogens with zero attached hydrogens (tertiary/aromatic N) is 1. The highest BCUT2D eigenvalue weighted by molar-refractivity contribution is 5.20. The van der Waals surface area contributed by atoms with Crippen molar-refractivity contribution in [2.24, 2.45) is 0 Å². The Morgan fingerprint density at radius 3 is 2.67 bits per heavy atom. The lowest BCUT2D eigenvalue weighted by molar-refractivity contribution is 0.251. The van der Waals surface area contributed by atoms with E-state index in [1.807, 2.05) is 12.1 Å². The first kappa shape index (κ1) is 15.1. The van der Waals surface area contributed by atoms with Gasteiger partial charge in [-0.15, -0.1) is 0 Å². The minimum absolute atomic E-state index is 0.107. The normalized spacial score (nSPS) is 12.9. The van der Waals surface area contributed by atoms with Gasteiger partial charge in [-0.2, -0.15) is 0 Å². The fourth-order valence-corrected chi connectivity index (χ4v) is 2.03. The third-order valence-electron chi connectivity index (χ3n) is 3.38. The van der Waals surface area contributed by atoms with Crippen molar-refractivity contribution < 1.29 is 4.39 Å². The average Bonchev–Trinajstić information content (AvgIpc) is 2.38. The Labute approximate surface area is 110 Å². The Kier molecular flexibility index (Phi) is 6.91. The van der Waals surface area contributed by atoms with Crippen LogP contribution in [0.15, 0.2) is 24.3 Å². The lowest BCUT2D eigenvalue weighted by Gasteiger charge is -2.25. The SMILES string of the molecule is CCNCCCCN(C)C(C)c1ccccc1F. The summed E-state index contributed by atoms with van der Waals surface area (Å²) >= 11 is 0. The maximum atomic E-state index is 13.7. The van der Waals surface area contributed by atoms with E-state index in [1.54, 1.807) is 6.07 Å². The minimum atomic E-state index is -0.107. The Morgan fingerprint density at radius 2 is 2.00 bits per heavy atom. The van der Waals surface area contributed by atoms with E-state index < -0.39 is 0 Å². The van der Waals surface area contributed by atoms with Gasteiger partial charge in [0, 0.05) is 11.6 Å². The quantitative estimate of drug-likeness (QED) is 0.715. The Hall–Kier alpha value is -0.930. The molecule has 0 saturated carbocycles. The lowest BCUT2D eigenvalue weighted by Crippen LogP contribution is -2.25. The highest BCUT2D eigenvalue weighted by Crippen LogP contribution is 2.21. The molecule has 0 heterocycles. The molecule has 1 aromatic rings. The first-order valence-electron chi connectivity index (χ1n) is 6.82. The van der Waals surface area contributed by atoms with Crippen molar-refractivity contribution in [1.29, 1.82) is 0 Å². The summed E-state index contributed by atoms with van der Waals surface area (Å²) < 4.78 is 13.7. The number of halogens is 1. The van der Waals surface area contributed by atoms with E-state index in [9.17, 15) is 4.39 Å². The fourth-order valence-electron chi connectivity index (χ4n) is 2.03. The molecule has 102 valence electrons. The van der Waals surface area contributed by atoms with Crippen LogP contribution in [0, 0.1) is 5.82 Å². The van der Waals surface area contributed by atoms with E-state index in [0.717, 1.165) is 31.6 Å². The van der Waals surface area contributed by atoms with Gasteiger partial charge in [0.15, 0.2) is 0 Å². The fraction of sp³-hybridized carbons (Fsp3) is 0.600. The van der Waals surface area contributed by atoms with E-state index in [-0.39, 0.29) is 11.9 Å². The molecule has 3 heteroatoms. The van der Waals surface area contributed by atoms with Crippen molar-refractivity contribution in [3.8, 4) is 0 Å². The zero-order chi connectivity index (χ0) is 13.4. The summed E-state index contributed by atoms with van der Waals surface area (Å²) in [5.74, 6) is -0.107. The molecule has 0 saturated heterocycles. The topological polar surface area (TPSA) is 15.3 Å². The smallest absolute Gasteiger partial charge is 0.127 e. The van der Waals surface area contributed by atoms with Crippen LogP contribution in [-0.4, -0.2) is 31.6 Å². The first-order chi connectivity index (χ1) is 8.66. The summed E-state index contributed by atoms with van der Waals surface area (Å²) in [6.07, 6.45) is 2.31. The van der Waals surface area contributed by atoms with Crippen molar-refractivity contribution in [2.45, 2.75) is 32.7 Å². The van der Waals surface area contributed by atoms with Gasteiger partial charge >= 0.3 is 0 Å². The van der Waals surface area contributed by atoms with E-state index in [0.29, 0.717) is 0 Å². The van der Waals surface area contributed by atoms with Crippen LogP contribution in [-0.2, 0) is 0 Å². The lowest BCUT2D eigenvalue weighted by atomic mass is 10.1. The molecule has 0 amide bonds. The molecule has 0 radical (unpaired) electrons. The van der Waals surface area contributed by atoms with E-state index >= 15 is 0 Å². The van der Waals surface area contributed by atoms with Gasteiger partial charge in [-0.1, -0.05) is 25.1 Å². The summed E-state index contributed by atoms with van der Waals surface area (Å²) in [6.45, 7) is 7.27. The Balaban J connectivity index is 2.37. The average molecular weight is 252 g/mol. The van der Waals surface area contributed by atoms with Gasteiger partial charge < -0.3 is 5.32 Å². The predicted octanol–water partition coefficient (Wildman–Crippen LogP) is 3.21. The van der Waals surface area contributed by atoms with Crippen LogP contribution in [0.5, 0.6) is 0 Å². The monoisotopic (exact) mass is 252 g/mol. The maximum Gasteiger partial charge on any atom is 0.127 e. The zero-order valence-electron chi connectivity index (χ0n) is 11.7. The third kappa shape index (κ3) is 4.75. The summed E-state index contributed by atoms with van der Waals surface area (Å²) in [5.41, 5.74) is 0.784. The van der Waals surface area contributed by atoms with Gasteiger partial charge in [0.2, 0.25) is 0 Å². The molecule has 1 unspecified atom stereocenters. The molecule has 0 aliphatic carbocycles. The van der Waals surface area contributed by atoms with Crippen molar-refractivity contribution in [3.05, 3.63) is 35.6 Å². The number of benzene rings is 1. The molecular weight excluding hydrogens is 227 g/mol. The molecule has 0 aliphatic rings. The molecule has 1 rings (SSSR count). The number of rotatable bonds is 8. The van der Waals surface area contributed by atoms with Crippen molar-refractivity contribution in [3.63, 3.8) is 0 Å². The molecule has 2 nitrogen and oxygen atoms in total.